The summed E-state index contributed by atoms with van der Waals surface area (Å²) in [6, 6.07) is 0. The fourth-order valence-electron chi connectivity index (χ4n) is 5.61. The van der Waals surface area contributed by atoms with Crippen molar-refractivity contribution in [1.82, 2.24) is 0 Å². The van der Waals surface area contributed by atoms with Crippen molar-refractivity contribution in [3.63, 3.8) is 0 Å². The second kappa shape index (κ2) is 30.0. The van der Waals surface area contributed by atoms with Gasteiger partial charge in [0.15, 0.2) is 0 Å². The first kappa shape index (κ1) is 36.4. The maximum atomic E-state index is 11.7. The number of aliphatic carboxylic acids is 1. The minimum Gasteiger partial charge on any atom is -0.481 e. The molecule has 3 heteroatoms. The Labute approximate surface area is 233 Å². The molecule has 2 atom stereocenters. The normalized spacial score (nSPS) is 13.2. The summed E-state index contributed by atoms with van der Waals surface area (Å²) in [5.74, 6) is -1.38. The molecule has 0 aliphatic heterocycles. The number of hydrogen-bond donors (Lipinski definition) is 2. The second-order valence-corrected chi connectivity index (χ2v) is 11.9. The zero-order valence-corrected chi connectivity index (χ0v) is 25.5. The van der Waals surface area contributed by atoms with Crippen LogP contribution in [0.5, 0.6) is 0 Å². The van der Waals surface area contributed by atoms with Gasteiger partial charge in [0.2, 0.25) is 0 Å². The molecule has 0 aromatic rings. The molecule has 0 bridgehead atoms. The highest BCUT2D eigenvalue weighted by Gasteiger charge is 2.25. The second-order valence-electron chi connectivity index (χ2n) is 11.9. The third-order valence-corrected chi connectivity index (χ3v) is 8.25. The number of rotatable bonds is 31. The molecule has 0 aliphatic rings. The van der Waals surface area contributed by atoms with Gasteiger partial charge in [-0.1, -0.05) is 187 Å². The molecule has 2 N–H and O–H groups in total. The smallest absolute Gasteiger partial charge is 0.309 e. The van der Waals surface area contributed by atoms with E-state index >= 15 is 0 Å². The molecule has 0 spiro atoms. The fraction of sp³-hybridized carbons (Fsp3) is 0.971. The Kier molecular flexibility index (Phi) is 29.5. The zero-order valence-electron chi connectivity index (χ0n) is 25.5. The molecule has 0 aromatic heterocycles. The number of hydrogen-bond acceptors (Lipinski definition) is 2. The van der Waals surface area contributed by atoms with Crippen molar-refractivity contribution in [1.29, 1.82) is 0 Å². The Morgan fingerprint density at radius 1 is 0.432 bits per heavy atom. The van der Waals surface area contributed by atoms with Gasteiger partial charge >= 0.3 is 5.97 Å². The van der Waals surface area contributed by atoms with Gasteiger partial charge in [-0.3, -0.25) is 4.79 Å². The van der Waals surface area contributed by atoms with Gasteiger partial charge in [0.1, 0.15) is 0 Å². The van der Waals surface area contributed by atoms with Crippen LogP contribution < -0.4 is 0 Å². The highest BCUT2D eigenvalue weighted by atomic mass is 16.4. The molecule has 37 heavy (non-hydrogen) atoms. The van der Waals surface area contributed by atoms with Crippen molar-refractivity contribution in [3.05, 3.63) is 0 Å². The highest BCUT2D eigenvalue weighted by Crippen LogP contribution is 2.21. The van der Waals surface area contributed by atoms with E-state index in [1.54, 1.807) is 0 Å². The lowest BCUT2D eigenvalue weighted by molar-refractivity contribution is -0.146. The average molecular weight is 525 g/mol. The van der Waals surface area contributed by atoms with Crippen LogP contribution in [0.1, 0.15) is 200 Å². The minimum absolute atomic E-state index is 0.574. The Morgan fingerprint density at radius 2 is 0.676 bits per heavy atom. The fourth-order valence-corrected chi connectivity index (χ4v) is 5.61. The lowest BCUT2D eigenvalue weighted by Crippen LogP contribution is -2.28. The molecule has 0 radical (unpaired) electrons. The van der Waals surface area contributed by atoms with Crippen molar-refractivity contribution in [2.45, 2.75) is 206 Å². The zero-order chi connectivity index (χ0) is 27.2. The van der Waals surface area contributed by atoms with Crippen LogP contribution in [0.25, 0.3) is 0 Å². The van der Waals surface area contributed by atoms with Gasteiger partial charge in [-0.2, -0.15) is 0 Å². The number of carboxylic acids is 1. The number of aliphatic hydroxyl groups is 1. The van der Waals surface area contributed by atoms with Crippen LogP contribution in [0.15, 0.2) is 0 Å². The third kappa shape index (κ3) is 26.8. The molecule has 0 aliphatic carbocycles. The quantitative estimate of drug-likeness (QED) is 0.0886. The summed E-state index contributed by atoms with van der Waals surface area (Å²) in [7, 11) is 0. The summed E-state index contributed by atoms with van der Waals surface area (Å²) < 4.78 is 0. The van der Waals surface area contributed by atoms with Crippen molar-refractivity contribution < 1.29 is 15.0 Å². The van der Waals surface area contributed by atoms with Crippen molar-refractivity contribution >= 4 is 5.97 Å². The Morgan fingerprint density at radius 3 is 0.946 bits per heavy atom. The Bertz CT molecular complexity index is 450. The average Bonchev–Trinajstić information content (AvgIpc) is 2.88. The SMILES string of the molecule is CCCCCCCCCCCCCCCCCC(O)C(CCCCCCCCCCCCCC)C(=O)O. The molecule has 0 fully saturated rings. The Balaban J connectivity index is 3.54. The van der Waals surface area contributed by atoms with Crippen LogP contribution in [0.2, 0.25) is 0 Å². The van der Waals surface area contributed by atoms with Gasteiger partial charge in [-0.05, 0) is 12.8 Å². The predicted octanol–water partition coefficient (Wildman–Crippen LogP) is 11.4. The molecule has 222 valence electrons. The van der Waals surface area contributed by atoms with Gasteiger partial charge in [0, 0.05) is 0 Å². The molecular weight excluding hydrogens is 456 g/mol. The van der Waals surface area contributed by atoms with E-state index in [4.69, 9.17) is 0 Å². The van der Waals surface area contributed by atoms with Crippen molar-refractivity contribution in [3.8, 4) is 0 Å². The summed E-state index contributed by atoms with van der Waals surface area (Å²) in [6.07, 6.45) is 35.9. The van der Waals surface area contributed by atoms with Gasteiger partial charge in [0.05, 0.1) is 12.0 Å². The maximum absolute atomic E-state index is 11.7. The van der Waals surface area contributed by atoms with E-state index in [0.29, 0.717) is 12.8 Å². The largest absolute Gasteiger partial charge is 0.481 e. The summed E-state index contributed by atoms with van der Waals surface area (Å²) in [5, 5.41) is 20.1. The lowest BCUT2D eigenvalue weighted by Gasteiger charge is -2.19. The summed E-state index contributed by atoms with van der Waals surface area (Å²) in [5.41, 5.74) is 0. The highest BCUT2D eigenvalue weighted by molar-refractivity contribution is 5.70. The standard InChI is InChI=1S/C34H68O3/c1-3-5-7-9-11-13-15-17-18-19-21-23-25-27-29-31-33(35)32(34(36)37)30-28-26-24-22-20-16-14-12-10-8-6-4-2/h32-33,35H,3-31H2,1-2H3,(H,36,37). The van der Waals surface area contributed by atoms with Crippen LogP contribution in [0, 0.1) is 5.92 Å². The first-order valence-electron chi connectivity index (χ1n) is 17.0. The topological polar surface area (TPSA) is 57.5 Å². The number of carboxylic acid groups (broad SMARTS) is 1. The van der Waals surface area contributed by atoms with Gasteiger partial charge in [-0.25, -0.2) is 0 Å². The molecule has 0 rings (SSSR count). The number of carbonyl (C=O) groups is 1. The van der Waals surface area contributed by atoms with Crippen LogP contribution in [-0.4, -0.2) is 22.3 Å². The molecule has 0 heterocycles. The molecule has 0 saturated heterocycles. The van der Waals surface area contributed by atoms with Crippen molar-refractivity contribution in [2.24, 2.45) is 5.92 Å². The molecular formula is C34H68O3. The van der Waals surface area contributed by atoms with Gasteiger partial charge in [-0.15, -0.1) is 0 Å². The van der Waals surface area contributed by atoms with E-state index in [9.17, 15) is 15.0 Å². The van der Waals surface area contributed by atoms with Crippen LogP contribution >= 0.6 is 0 Å². The van der Waals surface area contributed by atoms with E-state index in [2.05, 4.69) is 13.8 Å². The van der Waals surface area contributed by atoms with E-state index in [1.807, 2.05) is 0 Å². The lowest BCUT2D eigenvalue weighted by atomic mass is 9.91. The minimum atomic E-state index is -0.809. The summed E-state index contributed by atoms with van der Waals surface area (Å²) in [6.45, 7) is 4.54. The van der Waals surface area contributed by atoms with E-state index in [-0.39, 0.29) is 0 Å². The van der Waals surface area contributed by atoms with Gasteiger partial charge < -0.3 is 10.2 Å². The van der Waals surface area contributed by atoms with E-state index in [1.165, 1.54) is 148 Å². The molecule has 2 unspecified atom stereocenters. The van der Waals surface area contributed by atoms with Crippen LogP contribution in [0.4, 0.5) is 0 Å². The first-order chi connectivity index (χ1) is 18.1. The number of unbranched alkanes of at least 4 members (excludes halogenated alkanes) is 25. The van der Waals surface area contributed by atoms with Crippen molar-refractivity contribution in [2.75, 3.05) is 0 Å². The van der Waals surface area contributed by atoms with E-state index in [0.717, 1.165) is 25.7 Å². The third-order valence-electron chi connectivity index (χ3n) is 8.25. The number of aliphatic hydroxyl groups excluding tert-OH is 1. The molecule has 0 amide bonds. The maximum Gasteiger partial charge on any atom is 0.309 e. The summed E-state index contributed by atoms with van der Waals surface area (Å²) >= 11 is 0. The van der Waals surface area contributed by atoms with Crippen LogP contribution in [0.3, 0.4) is 0 Å². The molecule has 0 aromatic carbocycles. The monoisotopic (exact) mass is 525 g/mol. The summed E-state index contributed by atoms with van der Waals surface area (Å²) in [4.78, 5) is 11.7. The molecule has 3 nitrogen and oxygen atoms in total. The molecule has 0 saturated carbocycles. The predicted molar refractivity (Wildman–Crippen MR) is 162 cm³/mol. The first-order valence-corrected chi connectivity index (χ1v) is 17.0. The Hall–Kier alpha value is -0.570. The van der Waals surface area contributed by atoms with Gasteiger partial charge in [0.25, 0.3) is 0 Å². The van der Waals surface area contributed by atoms with Crippen LogP contribution in [-0.2, 0) is 4.79 Å². The van der Waals surface area contributed by atoms with E-state index < -0.39 is 18.0 Å².